The van der Waals surface area contributed by atoms with Gasteiger partial charge in [0.2, 0.25) is 11.7 Å². The van der Waals surface area contributed by atoms with Crippen molar-refractivity contribution in [1.29, 1.82) is 0 Å². The SMILES string of the molecule is CCN(CCC(=O)O)Cc1nc(-c2ccccc2Cl)no1. The van der Waals surface area contributed by atoms with Crippen LogP contribution in [0.4, 0.5) is 0 Å². The van der Waals surface area contributed by atoms with Crippen molar-refractivity contribution in [2.45, 2.75) is 19.9 Å². The third-order valence-corrected chi connectivity index (χ3v) is 3.36. The lowest BCUT2D eigenvalue weighted by atomic mass is 10.2. The van der Waals surface area contributed by atoms with Crippen molar-refractivity contribution in [3.05, 3.63) is 35.2 Å². The molecule has 1 heterocycles. The molecule has 6 nitrogen and oxygen atoms in total. The standard InChI is InChI=1S/C14H16ClN3O3/c1-2-18(8-7-13(19)20)9-12-16-14(17-21-12)10-5-3-4-6-11(10)15/h3-6H,2,7-9H2,1H3,(H,19,20). The molecule has 0 spiro atoms. The molecule has 2 aromatic rings. The molecular weight excluding hydrogens is 294 g/mol. The molecule has 0 aliphatic carbocycles. The fraction of sp³-hybridized carbons (Fsp3) is 0.357. The molecule has 7 heteroatoms. The highest BCUT2D eigenvalue weighted by Crippen LogP contribution is 2.25. The molecule has 1 aromatic carbocycles. The molecule has 21 heavy (non-hydrogen) atoms. The Labute approximate surface area is 127 Å². The normalized spacial score (nSPS) is 11.0. The average molecular weight is 310 g/mol. The molecule has 2 rings (SSSR count). The van der Waals surface area contributed by atoms with Crippen molar-refractivity contribution < 1.29 is 14.4 Å². The number of carboxylic acid groups (broad SMARTS) is 1. The molecule has 0 fully saturated rings. The number of halogens is 1. The summed E-state index contributed by atoms with van der Waals surface area (Å²) in [5, 5.41) is 13.2. The summed E-state index contributed by atoms with van der Waals surface area (Å²) in [5.74, 6) is 0.0535. The Morgan fingerprint density at radius 1 is 1.43 bits per heavy atom. The van der Waals surface area contributed by atoms with Gasteiger partial charge in [-0.1, -0.05) is 35.8 Å². The highest BCUT2D eigenvalue weighted by molar-refractivity contribution is 6.33. The number of hydrogen-bond donors (Lipinski definition) is 1. The van der Waals surface area contributed by atoms with Crippen molar-refractivity contribution in [3.63, 3.8) is 0 Å². The van der Waals surface area contributed by atoms with E-state index in [1.807, 2.05) is 30.0 Å². The maximum atomic E-state index is 10.6. The highest BCUT2D eigenvalue weighted by Gasteiger charge is 2.14. The van der Waals surface area contributed by atoms with Gasteiger partial charge in [0.25, 0.3) is 0 Å². The molecule has 0 bridgehead atoms. The van der Waals surface area contributed by atoms with Crippen molar-refractivity contribution in [2.24, 2.45) is 0 Å². The first-order valence-electron chi connectivity index (χ1n) is 6.61. The van der Waals surface area contributed by atoms with Crippen LogP contribution in [0.3, 0.4) is 0 Å². The lowest BCUT2D eigenvalue weighted by Crippen LogP contribution is -2.25. The Morgan fingerprint density at radius 2 is 2.19 bits per heavy atom. The van der Waals surface area contributed by atoms with Crippen LogP contribution in [-0.4, -0.2) is 39.2 Å². The predicted molar refractivity (Wildman–Crippen MR) is 77.9 cm³/mol. The van der Waals surface area contributed by atoms with Crippen LogP contribution >= 0.6 is 11.6 Å². The van der Waals surface area contributed by atoms with Gasteiger partial charge in [-0.15, -0.1) is 0 Å². The third-order valence-electron chi connectivity index (χ3n) is 3.03. The number of nitrogens with zero attached hydrogens (tertiary/aromatic N) is 3. The number of rotatable bonds is 7. The Balaban J connectivity index is 2.06. The smallest absolute Gasteiger partial charge is 0.304 e. The van der Waals surface area contributed by atoms with Crippen LogP contribution in [-0.2, 0) is 11.3 Å². The lowest BCUT2D eigenvalue weighted by Gasteiger charge is -2.16. The maximum absolute atomic E-state index is 10.6. The van der Waals surface area contributed by atoms with E-state index in [1.165, 1.54) is 0 Å². The van der Waals surface area contributed by atoms with E-state index in [1.54, 1.807) is 6.07 Å². The van der Waals surface area contributed by atoms with Crippen molar-refractivity contribution in [1.82, 2.24) is 15.0 Å². The summed E-state index contributed by atoms with van der Waals surface area (Å²) in [4.78, 5) is 16.8. The first kappa shape index (κ1) is 15.5. The van der Waals surface area contributed by atoms with Gasteiger partial charge in [-0.3, -0.25) is 9.69 Å². The molecule has 0 atom stereocenters. The number of aromatic nitrogens is 2. The minimum Gasteiger partial charge on any atom is -0.481 e. The van der Waals surface area contributed by atoms with E-state index in [-0.39, 0.29) is 6.42 Å². The van der Waals surface area contributed by atoms with E-state index in [4.69, 9.17) is 21.2 Å². The summed E-state index contributed by atoms with van der Waals surface area (Å²) >= 11 is 6.09. The summed E-state index contributed by atoms with van der Waals surface area (Å²) < 4.78 is 5.20. The van der Waals surface area contributed by atoms with Crippen LogP contribution in [0.1, 0.15) is 19.2 Å². The van der Waals surface area contributed by atoms with Crippen LogP contribution < -0.4 is 0 Å². The topological polar surface area (TPSA) is 79.5 Å². The van der Waals surface area contributed by atoms with Gasteiger partial charge in [0.1, 0.15) is 0 Å². The van der Waals surface area contributed by atoms with E-state index in [2.05, 4.69) is 10.1 Å². The largest absolute Gasteiger partial charge is 0.481 e. The van der Waals surface area contributed by atoms with Crippen molar-refractivity contribution in [2.75, 3.05) is 13.1 Å². The highest BCUT2D eigenvalue weighted by atomic mass is 35.5. The number of hydrogen-bond acceptors (Lipinski definition) is 5. The van der Waals surface area contributed by atoms with Gasteiger partial charge in [-0.05, 0) is 18.7 Å². The van der Waals surface area contributed by atoms with Gasteiger partial charge in [-0.25, -0.2) is 0 Å². The summed E-state index contributed by atoms with van der Waals surface area (Å²) in [6, 6.07) is 7.26. The molecule has 0 aliphatic heterocycles. The lowest BCUT2D eigenvalue weighted by molar-refractivity contribution is -0.137. The number of carbonyl (C=O) groups is 1. The van der Waals surface area contributed by atoms with Crippen LogP contribution in [0, 0.1) is 0 Å². The van der Waals surface area contributed by atoms with Gasteiger partial charge in [0.05, 0.1) is 18.0 Å². The van der Waals surface area contributed by atoms with Gasteiger partial charge in [0, 0.05) is 12.1 Å². The van der Waals surface area contributed by atoms with Crippen molar-refractivity contribution in [3.8, 4) is 11.4 Å². The first-order valence-corrected chi connectivity index (χ1v) is 6.99. The van der Waals surface area contributed by atoms with Gasteiger partial charge in [0.15, 0.2) is 0 Å². The van der Waals surface area contributed by atoms with E-state index >= 15 is 0 Å². The minimum atomic E-state index is -0.823. The average Bonchev–Trinajstić information content (AvgIpc) is 2.92. The van der Waals surface area contributed by atoms with Crippen LogP contribution in [0.25, 0.3) is 11.4 Å². The zero-order valence-corrected chi connectivity index (χ0v) is 12.4. The Bertz CT molecular complexity index is 615. The molecule has 1 N–H and O–H groups in total. The number of benzene rings is 1. The molecule has 0 radical (unpaired) electrons. The second-order valence-corrected chi connectivity index (χ2v) is 4.91. The molecule has 112 valence electrons. The minimum absolute atomic E-state index is 0.0827. The van der Waals surface area contributed by atoms with E-state index < -0.39 is 5.97 Å². The number of aliphatic carboxylic acids is 1. The second kappa shape index (κ2) is 7.19. The number of carboxylic acids is 1. The molecule has 0 saturated carbocycles. The molecule has 0 unspecified atom stereocenters. The Hall–Kier alpha value is -1.92. The van der Waals surface area contributed by atoms with Crippen LogP contribution in [0.15, 0.2) is 28.8 Å². The van der Waals surface area contributed by atoms with Gasteiger partial charge >= 0.3 is 5.97 Å². The van der Waals surface area contributed by atoms with Crippen LogP contribution in [0.2, 0.25) is 5.02 Å². The van der Waals surface area contributed by atoms with Gasteiger partial charge in [-0.2, -0.15) is 4.98 Å². The summed E-state index contributed by atoms with van der Waals surface area (Å²) in [6.45, 7) is 3.52. The summed E-state index contributed by atoms with van der Waals surface area (Å²) in [6.07, 6.45) is 0.0827. The zero-order valence-electron chi connectivity index (χ0n) is 11.6. The molecule has 0 amide bonds. The third kappa shape index (κ3) is 4.27. The van der Waals surface area contributed by atoms with E-state index in [0.717, 1.165) is 0 Å². The molecule has 0 saturated heterocycles. The molecule has 0 aliphatic rings. The zero-order chi connectivity index (χ0) is 15.2. The quantitative estimate of drug-likeness (QED) is 0.847. The molecule has 1 aromatic heterocycles. The maximum Gasteiger partial charge on any atom is 0.304 e. The fourth-order valence-electron chi connectivity index (χ4n) is 1.87. The Kier molecular flexibility index (Phi) is 5.30. The first-order chi connectivity index (χ1) is 10.1. The van der Waals surface area contributed by atoms with E-state index in [9.17, 15) is 4.79 Å². The molecular formula is C14H16ClN3O3. The van der Waals surface area contributed by atoms with Crippen molar-refractivity contribution >= 4 is 17.6 Å². The van der Waals surface area contributed by atoms with Gasteiger partial charge < -0.3 is 9.63 Å². The second-order valence-electron chi connectivity index (χ2n) is 4.50. The predicted octanol–water partition coefficient (Wildman–Crippen LogP) is 2.69. The fourth-order valence-corrected chi connectivity index (χ4v) is 2.09. The van der Waals surface area contributed by atoms with E-state index in [0.29, 0.717) is 41.9 Å². The van der Waals surface area contributed by atoms with Crippen LogP contribution in [0.5, 0.6) is 0 Å². The Morgan fingerprint density at radius 3 is 2.86 bits per heavy atom. The summed E-state index contributed by atoms with van der Waals surface area (Å²) in [5.41, 5.74) is 0.711. The monoisotopic (exact) mass is 309 g/mol. The summed E-state index contributed by atoms with van der Waals surface area (Å²) in [7, 11) is 0.